The number of aliphatic hydroxyl groups is 1. The van der Waals surface area contributed by atoms with Gasteiger partial charge >= 0.3 is 0 Å². The Bertz CT molecular complexity index is 1650. The van der Waals surface area contributed by atoms with Gasteiger partial charge in [-0.15, -0.1) is 0 Å². The van der Waals surface area contributed by atoms with Crippen LogP contribution in [0.5, 0.6) is 0 Å². The number of imidazole rings is 1. The summed E-state index contributed by atoms with van der Waals surface area (Å²) in [6.07, 6.45) is 2.53. The molecule has 1 amide bonds. The molecule has 3 heterocycles. The van der Waals surface area contributed by atoms with Crippen LogP contribution >= 0.6 is 0 Å². The Balaban J connectivity index is 1.13. The van der Waals surface area contributed by atoms with Gasteiger partial charge in [0.15, 0.2) is 0 Å². The molecule has 4 aromatic rings. The Morgan fingerprint density at radius 2 is 1.93 bits per heavy atom. The smallest absolute Gasteiger partial charge is 0.296 e. The fourth-order valence-corrected chi connectivity index (χ4v) is 6.31. The lowest BCUT2D eigenvalue weighted by molar-refractivity contribution is -0.137. The van der Waals surface area contributed by atoms with Crippen LogP contribution in [0.3, 0.4) is 0 Å². The summed E-state index contributed by atoms with van der Waals surface area (Å²) in [6, 6.07) is 14.9. The van der Waals surface area contributed by atoms with Crippen molar-refractivity contribution in [3.8, 4) is 11.3 Å². The van der Waals surface area contributed by atoms with Crippen molar-refractivity contribution in [1.29, 1.82) is 0 Å². The standard InChI is InChI=1S/C31H34F2N6O3/c1-34-25-10-8-21-15-22(7-9-23(21)25)26-17-35-29-30(41)38(19-36-39(26)29)18-31(42)11-13-37(14-12-31)27(40)16-24(28(32)33)20-5-3-2-4-6-20/h2-7,9,15,17,19,24-25,28,34,42H,8,10-14,16,18H2,1H3. The monoisotopic (exact) mass is 576 g/mol. The molecule has 2 aromatic carbocycles. The molecule has 0 radical (unpaired) electrons. The number of nitrogens with one attached hydrogen (secondary N) is 1. The van der Waals surface area contributed by atoms with E-state index >= 15 is 0 Å². The number of alkyl halides is 2. The number of likely N-dealkylation sites (tertiary alicyclic amines) is 1. The third kappa shape index (κ3) is 5.34. The summed E-state index contributed by atoms with van der Waals surface area (Å²) in [5, 5.41) is 19.1. The van der Waals surface area contributed by atoms with Gasteiger partial charge in [-0.05, 0) is 55.5 Å². The minimum Gasteiger partial charge on any atom is -0.388 e. The van der Waals surface area contributed by atoms with Gasteiger partial charge in [0.05, 0.1) is 30.0 Å². The van der Waals surface area contributed by atoms with E-state index in [1.807, 2.05) is 13.1 Å². The Labute approximate surface area is 241 Å². The highest BCUT2D eigenvalue weighted by Gasteiger charge is 2.36. The average Bonchev–Trinajstić information content (AvgIpc) is 3.62. The van der Waals surface area contributed by atoms with E-state index < -0.39 is 17.9 Å². The van der Waals surface area contributed by atoms with E-state index in [9.17, 15) is 23.5 Å². The van der Waals surface area contributed by atoms with Crippen LogP contribution in [0.15, 0.2) is 65.8 Å². The fraction of sp³-hybridized carbons (Fsp3) is 0.419. The molecule has 220 valence electrons. The van der Waals surface area contributed by atoms with Crippen molar-refractivity contribution in [3.05, 3.63) is 88.1 Å². The van der Waals surface area contributed by atoms with E-state index in [1.54, 1.807) is 36.5 Å². The number of hydrogen-bond donors (Lipinski definition) is 2. The number of nitrogens with zero attached hydrogens (tertiary/aromatic N) is 5. The van der Waals surface area contributed by atoms with Gasteiger partial charge in [-0.2, -0.15) is 5.10 Å². The van der Waals surface area contributed by atoms with Gasteiger partial charge in [0, 0.05) is 31.1 Å². The second kappa shape index (κ2) is 11.4. The van der Waals surface area contributed by atoms with Crippen molar-refractivity contribution in [2.75, 3.05) is 20.1 Å². The fourth-order valence-electron chi connectivity index (χ4n) is 6.31. The highest BCUT2D eigenvalue weighted by atomic mass is 19.3. The predicted molar refractivity (Wildman–Crippen MR) is 153 cm³/mol. The minimum atomic E-state index is -2.66. The molecule has 2 aliphatic rings. The van der Waals surface area contributed by atoms with Crippen molar-refractivity contribution in [2.24, 2.45) is 0 Å². The van der Waals surface area contributed by atoms with E-state index in [1.165, 1.54) is 31.4 Å². The maximum Gasteiger partial charge on any atom is 0.296 e. The summed E-state index contributed by atoms with van der Waals surface area (Å²) in [7, 11) is 1.96. The van der Waals surface area contributed by atoms with Gasteiger partial charge in [0.2, 0.25) is 18.0 Å². The largest absolute Gasteiger partial charge is 0.388 e. The normalized spacial score (nSPS) is 18.9. The highest BCUT2D eigenvalue weighted by molar-refractivity contribution is 5.77. The molecule has 11 heteroatoms. The van der Waals surface area contributed by atoms with Crippen LogP contribution in [-0.2, 0) is 17.8 Å². The second-order valence-corrected chi connectivity index (χ2v) is 11.4. The molecule has 1 fully saturated rings. The van der Waals surface area contributed by atoms with Gasteiger partial charge in [-0.1, -0.05) is 42.5 Å². The molecule has 6 rings (SSSR count). The summed E-state index contributed by atoms with van der Waals surface area (Å²) >= 11 is 0. The topological polar surface area (TPSA) is 105 Å². The molecule has 1 saturated heterocycles. The summed E-state index contributed by atoms with van der Waals surface area (Å²) in [5.41, 5.74) is 3.17. The lowest BCUT2D eigenvalue weighted by Gasteiger charge is -2.38. The van der Waals surface area contributed by atoms with Crippen LogP contribution in [0, 0.1) is 0 Å². The van der Waals surface area contributed by atoms with Crippen LogP contribution in [0.25, 0.3) is 16.9 Å². The molecule has 2 N–H and O–H groups in total. The number of aryl methyl sites for hydroxylation is 1. The summed E-state index contributed by atoms with van der Waals surface area (Å²) in [5.74, 6) is -1.55. The Morgan fingerprint density at radius 1 is 1.17 bits per heavy atom. The molecular formula is C31H34F2N6O3. The number of carbonyl (C=O) groups excluding carboxylic acids is 1. The zero-order valence-electron chi connectivity index (χ0n) is 23.4. The number of piperidine rings is 1. The lowest BCUT2D eigenvalue weighted by Crippen LogP contribution is -2.50. The maximum absolute atomic E-state index is 13.7. The van der Waals surface area contributed by atoms with Crippen LogP contribution in [0.4, 0.5) is 8.78 Å². The molecule has 1 aliphatic heterocycles. The Hall–Kier alpha value is -3.96. The number of halogens is 2. The van der Waals surface area contributed by atoms with Crippen LogP contribution in [0.1, 0.15) is 54.3 Å². The van der Waals surface area contributed by atoms with Crippen LogP contribution in [0.2, 0.25) is 0 Å². The summed E-state index contributed by atoms with van der Waals surface area (Å²) < 4.78 is 30.4. The molecule has 2 unspecified atom stereocenters. The summed E-state index contributed by atoms with van der Waals surface area (Å²) in [4.78, 5) is 32.1. The molecule has 2 aromatic heterocycles. The first-order chi connectivity index (χ1) is 20.3. The number of fused-ring (bicyclic) bond motifs is 2. The van der Waals surface area contributed by atoms with E-state index in [0.29, 0.717) is 17.3 Å². The molecule has 42 heavy (non-hydrogen) atoms. The minimum absolute atomic E-state index is 0.00647. The molecule has 1 aliphatic carbocycles. The van der Waals surface area contributed by atoms with Crippen LogP contribution in [-0.4, -0.2) is 67.2 Å². The number of hydrogen-bond acceptors (Lipinski definition) is 6. The first kappa shape index (κ1) is 28.2. The van der Waals surface area contributed by atoms with Crippen molar-refractivity contribution in [2.45, 2.75) is 62.6 Å². The van der Waals surface area contributed by atoms with Gasteiger partial charge in [0.1, 0.15) is 6.33 Å². The molecule has 0 bridgehead atoms. The zero-order chi connectivity index (χ0) is 29.4. The average molecular weight is 577 g/mol. The Kier molecular flexibility index (Phi) is 7.63. The van der Waals surface area contributed by atoms with E-state index in [0.717, 1.165) is 18.4 Å². The molecule has 0 saturated carbocycles. The SMILES string of the molecule is CNC1CCc2cc(-c3cnc4c(=O)n(CC5(O)CCN(C(=O)CC(c6ccccc6)C(F)F)CC5)cnn34)ccc21. The molecular weight excluding hydrogens is 542 g/mol. The predicted octanol–water partition coefficient (Wildman–Crippen LogP) is 3.56. The lowest BCUT2D eigenvalue weighted by atomic mass is 9.90. The van der Waals surface area contributed by atoms with Gasteiger partial charge in [-0.3, -0.25) is 14.2 Å². The number of rotatable bonds is 8. The molecule has 2 atom stereocenters. The van der Waals surface area contributed by atoms with E-state index in [-0.39, 0.29) is 56.0 Å². The highest BCUT2D eigenvalue weighted by Crippen LogP contribution is 2.34. The maximum atomic E-state index is 13.7. The quantitative estimate of drug-likeness (QED) is 0.333. The van der Waals surface area contributed by atoms with Crippen molar-refractivity contribution in [1.82, 2.24) is 29.4 Å². The number of benzene rings is 2. The van der Waals surface area contributed by atoms with Crippen molar-refractivity contribution in [3.63, 3.8) is 0 Å². The van der Waals surface area contributed by atoms with Crippen molar-refractivity contribution < 1.29 is 18.7 Å². The first-order valence-corrected chi connectivity index (χ1v) is 14.3. The van der Waals surface area contributed by atoms with E-state index in [2.05, 4.69) is 27.5 Å². The van der Waals surface area contributed by atoms with Crippen molar-refractivity contribution >= 4 is 11.6 Å². The third-order valence-electron chi connectivity index (χ3n) is 8.80. The Morgan fingerprint density at radius 3 is 2.64 bits per heavy atom. The zero-order valence-corrected chi connectivity index (χ0v) is 23.4. The molecule has 9 nitrogen and oxygen atoms in total. The third-order valence-corrected chi connectivity index (χ3v) is 8.80. The number of amides is 1. The van der Waals surface area contributed by atoms with Gasteiger partial charge in [-0.25, -0.2) is 18.3 Å². The first-order valence-electron chi connectivity index (χ1n) is 14.3. The number of carbonyl (C=O) groups is 1. The molecule has 0 spiro atoms. The second-order valence-electron chi connectivity index (χ2n) is 11.4. The summed E-state index contributed by atoms with van der Waals surface area (Å²) in [6.45, 7) is 0.420. The van der Waals surface area contributed by atoms with Gasteiger partial charge in [0.25, 0.3) is 5.56 Å². The number of aromatic nitrogens is 4. The van der Waals surface area contributed by atoms with E-state index in [4.69, 9.17) is 0 Å². The van der Waals surface area contributed by atoms with Crippen LogP contribution < -0.4 is 10.9 Å². The van der Waals surface area contributed by atoms with Gasteiger partial charge < -0.3 is 15.3 Å².